The summed E-state index contributed by atoms with van der Waals surface area (Å²) in [4.78, 5) is 14.7. The minimum atomic E-state index is -2.68. The highest BCUT2D eigenvalue weighted by atomic mass is 16.8. The molecule has 3 heterocycles. The van der Waals surface area contributed by atoms with E-state index in [4.69, 9.17) is 28.4 Å². The Balaban J connectivity index is 1.27. The SMILES string of the molecule is C=C1C[C@@]23CCC4[C@@](CC(CO)C(O)C(OC5OC(CO)C(O)C(O)C5O)C(OC5OC(CO)C(O)C(O)C5O)C(O)O)(CCC[C@@]4(C)C(=O)OC4OC(CO)C(O)C(O)C4O)C2CC=C1C3. The van der Waals surface area contributed by atoms with Crippen molar-refractivity contribution in [3.8, 4) is 0 Å². The molecule has 24 atom stereocenters. The zero-order chi connectivity index (χ0) is 49.1. The Morgan fingerprint density at radius 2 is 1.19 bits per heavy atom. The predicted octanol–water partition coefficient (Wildman–Crippen LogP) is -5.76. The number of aliphatic hydroxyl groups is 16. The zero-order valence-electron chi connectivity index (χ0n) is 37.2. The largest absolute Gasteiger partial charge is 0.432 e. The van der Waals surface area contributed by atoms with Gasteiger partial charge in [-0.1, -0.05) is 24.6 Å². The van der Waals surface area contributed by atoms with Gasteiger partial charge in [0.15, 0.2) is 18.9 Å². The lowest BCUT2D eigenvalue weighted by molar-refractivity contribution is -0.364. The fourth-order valence-electron chi connectivity index (χ4n) is 12.9. The summed E-state index contributed by atoms with van der Waals surface area (Å²) in [6, 6.07) is 0. The van der Waals surface area contributed by atoms with Crippen LogP contribution in [0.15, 0.2) is 23.8 Å². The Hall–Kier alpha value is -1.89. The van der Waals surface area contributed by atoms with Crippen molar-refractivity contribution in [1.82, 2.24) is 0 Å². The first-order valence-electron chi connectivity index (χ1n) is 23.1. The van der Waals surface area contributed by atoms with E-state index in [1.54, 1.807) is 6.92 Å². The summed E-state index contributed by atoms with van der Waals surface area (Å²) in [7, 11) is 0. The van der Waals surface area contributed by atoms with E-state index in [9.17, 15) is 86.5 Å². The third kappa shape index (κ3) is 9.41. The van der Waals surface area contributed by atoms with E-state index >= 15 is 0 Å². The molecule has 0 radical (unpaired) electrons. The summed E-state index contributed by atoms with van der Waals surface area (Å²) in [6.07, 6.45) is -30.9. The van der Waals surface area contributed by atoms with Gasteiger partial charge in [0.1, 0.15) is 85.5 Å². The number of carbonyl (C=O) groups excluding carboxylic acids is 1. The van der Waals surface area contributed by atoms with Crippen LogP contribution in [0.25, 0.3) is 0 Å². The molecule has 23 nitrogen and oxygen atoms in total. The molecule has 21 unspecified atom stereocenters. The molecule has 16 N–H and O–H groups in total. The van der Waals surface area contributed by atoms with Crippen molar-refractivity contribution in [1.29, 1.82) is 0 Å². The highest BCUT2D eigenvalue weighted by Gasteiger charge is 2.67. The molecule has 7 rings (SSSR count). The number of rotatable bonds is 16. The number of hydrogen-bond acceptors (Lipinski definition) is 23. The van der Waals surface area contributed by atoms with Crippen LogP contribution >= 0.6 is 0 Å². The summed E-state index contributed by atoms with van der Waals surface area (Å²) >= 11 is 0. The van der Waals surface area contributed by atoms with Crippen molar-refractivity contribution in [3.63, 3.8) is 0 Å². The molecule has 7 aliphatic rings. The lowest BCUT2D eigenvalue weighted by Crippen LogP contribution is -2.64. The Morgan fingerprint density at radius 1 is 0.687 bits per heavy atom. The van der Waals surface area contributed by atoms with Crippen LogP contribution in [-0.2, 0) is 33.2 Å². The minimum Gasteiger partial charge on any atom is -0.432 e. The third-order valence-corrected chi connectivity index (χ3v) is 16.5. The molecule has 2 bridgehead atoms. The summed E-state index contributed by atoms with van der Waals surface area (Å²) in [5, 5.41) is 171. The van der Waals surface area contributed by atoms with Gasteiger partial charge in [-0.15, -0.1) is 0 Å². The van der Waals surface area contributed by atoms with Crippen molar-refractivity contribution in [2.75, 3.05) is 26.4 Å². The van der Waals surface area contributed by atoms with Crippen LogP contribution in [0.1, 0.15) is 64.7 Å². The Morgan fingerprint density at radius 3 is 1.70 bits per heavy atom. The molecule has 3 saturated carbocycles. The zero-order valence-corrected chi connectivity index (χ0v) is 37.2. The van der Waals surface area contributed by atoms with Gasteiger partial charge in [-0.3, -0.25) is 4.79 Å². The Bertz CT molecular complexity index is 1750. The molecular formula is C44H70O23. The summed E-state index contributed by atoms with van der Waals surface area (Å²) in [6.45, 7) is 2.64. The number of hydrogen-bond donors (Lipinski definition) is 16. The highest BCUT2D eigenvalue weighted by Crippen LogP contribution is 2.73. The number of carbonyl (C=O) groups is 1. The maximum Gasteiger partial charge on any atom is 0.314 e. The van der Waals surface area contributed by atoms with Crippen molar-refractivity contribution >= 4 is 5.97 Å². The topological polar surface area (TPSA) is 396 Å². The standard InChI is InChI=1S/C44H70O23/c1-17-10-43-9-6-23-42(2,41(61)67-40-34(58)31(55)28(52)22(16-48)64-40)7-3-8-44(23,24(43)5-4-18(17)11-43)12-19(13-45)25(49)35(65-38-32(56)29(53)26(50)20(14-46)62-38)36(37(59)60)66-39-33(57)30(54)27(51)21(15-47)63-39/h4,19-40,45-60H,1,3,5-16H2,2H3/t19?,20?,21?,22?,23?,24?,25?,26?,27?,28?,29?,30?,31?,32?,33?,34?,35?,36?,38?,39?,40?,42-,43-,44+/m1/s1. The van der Waals surface area contributed by atoms with Crippen molar-refractivity contribution < 1.29 is 115 Å². The second-order valence-electron chi connectivity index (χ2n) is 20.2. The van der Waals surface area contributed by atoms with E-state index in [1.165, 1.54) is 0 Å². The number of aliphatic hydroxyl groups excluding tert-OH is 15. The van der Waals surface area contributed by atoms with Crippen LogP contribution < -0.4 is 0 Å². The molecule has 0 aromatic carbocycles. The Labute approximate surface area is 386 Å². The van der Waals surface area contributed by atoms with E-state index in [0.29, 0.717) is 44.9 Å². The quantitative estimate of drug-likeness (QED) is 0.0506. The molecule has 3 saturated heterocycles. The van der Waals surface area contributed by atoms with Gasteiger partial charge in [-0.25, -0.2) is 0 Å². The number of esters is 1. The van der Waals surface area contributed by atoms with E-state index in [0.717, 1.165) is 11.1 Å². The lowest BCUT2D eigenvalue weighted by Gasteiger charge is -2.65. The van der Waals surface area contributed by atoms with Crippen LogP contribution in [0.5, 0.6) is 0 Å². The van der Waals surface area contributed by atoms with Gasteiger partial charge in [0.25, 0.3) is 0 Å². The summed E-state index contributed by atoms with van der Waals surface area (Å²) in [5.41, 5.74) is -0.591. The molecule has 0 aromatic rings. The Kier molecular flexibility index (Phi) is 16.3. The molecule has 0 aromatic heterocycles. The van der Waals surface area contributed by atoms with Gasteiger partial charge >= 0.3 is 5.97 Å². The van der Waals surface area contributed by atoms with Gasteiger partial charge in [0.2, 0.25) is 6.29 Å². The van der Waals surface area contributed by atoms with E-state index in [2.05, 4.69) is 12.7 Å². The monoisotopic (exact) mass is 966 g/mol. The minimum absolute atomic E-state index is 0.0941. The van der Waals surface area contributed by atoms with Crippen LogP contribution in [-0.4, -0.2) is 231 Å². The molecule has 6 fully saturated rings. The average Bonchev–Trinajstić information content (AvgIpc) is 3.54. The van der Waals surface area contributed by atoms with Gasteiger partial charge < -0.3 is 110 Å². The van der Waals surface area contributed by atoms with Gasteiger partial charge in [-0.05, 0) is 86.5 Å². The number of fused-ring (bicyclic) bond motifs is 3. The fraction of sp³-hybridized carbons (Fsp3) is 0.886. The molecule has 1 spiro atoms. The molecule has 384 valence electrons. The predicted molar refractivity (Wildman–Crippen MR) is 221 cm³/mol. The smallest absolute Gasteiger partial charge is 0.314 e. The highest BCUT2D eigenvalue weighted by molar-refractivity contribution is 5.77. The van der Waals surface area contributed by atoms with Crippen LogP contribution in [0.3, 0.4) is 0 Å². The second-order valence-corrected chi connectivity index (χ2v) is 20.2. The molecular weight excluding hydrogens is 896 g/mol. The van der Waals surface area contributed by atoms with E-state index in [-0.39, 0.29) is 24.2 Å². The first kappa shape index (κ1) is 52.9. The van der Waals surface area contributed by atoms with E-state index < -0.39 is 172 Å². The second kappa shape index (κ2) is 20.7. The van der Waals surface area contributed by atoms with Crippen molar-refractivity contribution in [2.24, 2.45) is 34.0 Å². The van der Waals surface area contributed by atoms with Gasteiger partial charge in [-0.2, -0.15) is 0 Å². The first-order valence-corrected chi connectivity index (χ1v) is 23.1. The molecule has 0 amide bonds. The fourth-order valence-corrected chi connectivity index (χ4v) is 12.9. The van der Waals surface area contributed by atoms with Crippen LogP contribution in [0, 0.1) is 34.0 Å². The molecule has 67 heavy (non-hydrogen) atoms. The van der Waals surface area contributed by atoms with Crippen LogP contribution in [0.2, 0.25) is 0 Å². The molecule has 23 heteroatoms. The molecule has 4 aliphatic carbocycles. The first-order chi connectivity index (χ1) is 31.6. The maximum atomic E-state index is 14.7. The van der Waals surface area contributed by atoms with Gasteiger partial charge in [0.05, 0.1) is 31.3 Å². The number of allylic oxidation sites excluding steroid dienone is 3. The van der Waals surface area contributed by atoms with Crippen molar-refractivity contribution in [3.05, 3.63) is 23.8 Å². The average molecular weight is 967 g/mol. The third-order valence-electron chi connectivity index (χ3n) is 16.5. The maximum absolute atomic E-state index is 14.7. The summed E-state index contributed by atoms with van der Waals surface area (Å²) in [5.74, 6) is -2.96. The molecule has 3 aliphatic heterocycles. The van der Waals surface area contributed by atoms with Gasteiger partial charge in [0, 0.05) is 12.5 Å². The van der Waals surface area contributed by atoms with Crippen molar-refractivity contribution in [2.45, 2.75) is 181 Å². The van der Waals surface area contributed by atoms with Crippen LogP contribution in [0.4, 0.5) is 0 Å². The summed E-state index contributed by atoms with van der Waals surface area (Å²) < 4.78 is 34.3. The normalized spacial score (nSPS) is 47.3. The van der Waals surface area contributed by atoms with E-state index in [1.807, 2.05) is 0 Å². The lowest BCUT2D eigenvalue weighted by atomic mass is 9.39. The number of ether oxygens (including phenoxy) is 6.